The van der Waals surface area contributed by atoms with Crippen molar-refractivity contribution in [1.29, 1.82) is 0 Å². The predicted octanol–water partition coefficient (Wildman–Crippen LogP) is 1.53. The maximum absolute atomic E-state index is 12.0. The maximum atomic E-state index is 12.0. The summed E-state index contributed by atoms with van der Waals surface area (Å²) in [5.41, 5.74) is 5.78. The lowest BCUT2D eigenvalue weighted by atomic mass is 9.99. The molecule has 1 aromatic carbocycles. The van der Waals surface area contributed by atoms with Gasteiger partial charge in [0.2, 0.25) is 15.9 Å². The van der Waals surface area contributed by atoms with Crippen LogP contribution in [0.5, 0.6) is 0 Å². The molecule has 4 N–H and O–H groups in total. The molecule has 0 saturated heterocycles. The summed E-state index contributed by atoms with van der Waals surface area (Å²) in [7, 11) is -3.64. The summed E-state index contributed by atoms with van der Waals surface area (Å²) in [6, 6.07) is 5.38. The summed E-state index contributed by atoms with van der Waals surface area (Å²) in [4.78, 5) is 11.8. The number of benzene rings is 1. The van der Waals surface area contributed by atoms with E-state index < -0.39 is 16.1 Å². The van der Waals surface area contributed by atoms with Crippen molar-refractivity contribution in [2.45, 2.75) is 31.2 Å². The third kappa shape index (κ3) is 7.05. The Hall–Kier alpha value is -0.860. The fourth-order valence-electron chi connectivity index (χ4n) is 1.72. The number of carbonyl (C=O) groups is 1. The molecule has 2 atom stereocenters. The van der Waals surface area contributed by atoms with E-state index in [1.54, 1.807) is 12.1 Å². The van der Waals surface area contributed by atoms with Gasteiger partial charge in [0.05, 0.1) is 10.9 Å². The molecule has 0 aliphatic heterocycles. The summed E-state index contributed by atoms with van der Waals surface area (Å²) in [6.45, 7) is 4.10. The van der Waals surface area contributed by atoms with E-state index in [0.717, 1.165) is 6.42 Å². The van der Waals surface area contributed by atoms with Crippen LogP contribution in [0.2, 0.25) is 5.02 Å². The van der Waals surface area contributed by atoms with Gasteiger partial charge in [0.15, 0.2) is 0 Å². The van der Waals surface area contributed by atoms with Gasteiger partial charge in [0, 0.05) is 18.1 Å². The third-order valence-electron chi connectivity index (χ3n) is 3.38. The van der Waals surface area contributed by atoms with E-state index in [-0.39, 0.29) is 42.2 Å². The highest BCUT2D eigenvalue weighted by Crippen LogP contribution is 2.14. The van der Waals surface area contributed by atoms with E-state index >= 15 is 0 Å². The molecule has 0 aliphatic rings. The molecule has 0 spiro atoms. The van der Waals surface area contributed by atoms with E-state index in [1.165, 1.54) is 12.1 Å². The van der Waals surface area contributed by atoms with Crippen molar-refractivity contribution in [3.63, 3.8) is 0 Å². The number of halogens is 2. The quantitative estimate of drug-likeness (QED) is 0.592. The van der Waals surface area contributed by atoms with E-state index in [1.807, 2.05) is 13.8 Å². The van der Waals surface area contributed by atoms with Gasteiger partial charge in [-0.2, -0.15) is 0 Å². The Bertz CT molecular complexity index is 611. The molecule has 2 unspecified atom stereocenters. The van der Waals surface area contributed by atoms with Gasteiger partial charge in [-0.1, -0.05) is 37.9 Å². The van der Waals surface area contributed by atoms with Crippen LogP contribution in [0.1, 0.15) is 20.3 Å². The SMILES string of the molecule is CCC(C)C(N)C(=O)NCCNS(=O)(=O)c1cccc(Cl)c1.Cl. The Morgan fingerprint density at radius 3 is 2.57 bits per heavy atom. The molecule has 6 nitrogen and oxygen atoms in total. The van der Waals surface area contributed by atoms with Crippen molar-refractivity contribution >= 4 is 39.9 Å². The minimum atomic E-state index is -3.64. The Morgan fingerprint density at radius 1 is 1.35 bits per heavy atom. The molecule has 1 rings (SSSR count). The average molecular weight is 384 g/mol. The zero-order valence-corrected chi connectivity index (χ0v) is 15.5. The molecular formula is C14H23Cl2N3O3S. The Balaban J connectivity index is 0.00000484. The lowest BCUT2D eigenvalue weighted by Gasteiger charge is -2.17. The second-order valence-corrected chi connectivity index (χ2v) is 7.26. The van der Waals surface area contributed by atoms with Crippen molar-refractivity contribution in [2.75, 3.05) is 13.1 Å². The summed E-state index contributed by atoms with van der Waals surface area (Å²) in [5.74, 6) is -0.209. The van der Waals surface area contributed by atoms with Crippen LogP contribution in [0.4, 0.5) is 0 Å². The number of carbonyl (C=O) groups excluding carboxylic acids is 1. The Morgan fingerprint density at radius 2 is 2.00 bits per heavy atom. The fraction of sp³-hybridized carbons (Fsp3) is 0.500. The largest absolute Gasteiger partial charge is 0.353 e. The van der Waals surface area contributed by atoms with Crippen LogP contribution < -0.4 is 15.8 Å². The van der Waals surface area contributed by atoms with Gasteiger partial charge in [-0.15, -0.1) is 12.4 Å². The van der Waals surface area contributed by atoms with Gasteiger partial charge in [0.25, 0.3) is 0 Å². The average Bonchev–Trinajstić information content (AvgIpc) is 2.49. The number of rotatable bonds is 8. The van der Waals surface area contributed by atoms with Crippen LogP contribution in [0.15, 0.2) is 29.2 Å². The first-order valence-corrected chi connectivity index (χ1v) is 8.92. The number of nitrogens with two attached hydrogens (primary N) is 1. The second kappa shape index (κ2) is 10.1. The zero-order valence-electron chi connectivity index (χ0n) is 13.1. The van der Waals surface area contributed by atoms with Crippen LogP contribution in [-0.2, 0) is 14.8 Å². The number of nitrogens with one attached hydrogen (secondary N) is 2. The van der Waals surface area contributed by atoms with Crippen LogP contribution in [0, 0.1) is 5.92 Å². The fourth-order valence-corrected chi connectivity index (χ4v) is 3.05. The molecule has 0 heterocycles. The highest BCUT2D eigenvalue weighted by atomic mass is 35.5. The minimum Gasteiger partial charge on any atom is -0.353 e. The van der Waals surface area contributed by atoms with E-state index in [9.17, 15) is 13.2 Å². The predicted molar refractivity (Wildman–Crippen MR) is 94.3 cm³/mol. The van der Waals surface area contributed by atoms with Gasteiger partial charge < -0.3 is 11.1 Å². The Kier molecular flexibility index (Phi) is 9.72. The van der Waals surface area contributed by atoms with E-state index in [4.69, 9.17) is 17.3 Å². The number of hydrogen-bond acceptors (Lipinski definition) is 4. The summed E-state index contributed by atoms with van der Waals surface area (Å²) in [5, 5.41) is 2.96. The standard InChI is InChI=1S/C14H22ClN3O3S.ClH/c1-3-10(2)13(16)14(19)17-7-8-18-22(20,21)12-6-4-5-11(15)9-12;/h4-6,9-10,13,18H,3,7-8,16H2,1-2H3,(H,17,19);1H. The van der Waals surface area contributed by atoms with E-state index in [0.29, 0.717) is 5.02 Å². The van der Waals surface area contributed by atoms with Gasteiger partial charge in [-0.25, -0.2) is 13.1 Å². The van der Waals surface area contributed by atoms with Gasteiger partial charge in [-0.05, 0) is 24.1 Å². The highest BCUT2D eigenvalue weighted by Gasteiger charge is 2.19. The highest BCUT2D eigenvalue weighted by molar-refractivity contribution is 7.89. The molecule has 0 saturated carbocycles. The second-order valence-electron chi connectivity index (χ2n) is 5.06. The van der Waals surface area contributed by atoms with Crippen molar-refractivity contribution in [3.05, 3.63) is 29.3 Å². The molecule has 23 heavy (non-hydrogen) atoms. The minimum absolute atomic E-state index is 0. The van der Waals surface area contributed by atoms with Crippen molar-refractivity contribution < 1.29 is 13.2 Å². The Labute approximate surface area is 148 Å². The lowest BCUT2D eigenvalue weighted by Crippen LogP contribution is -2.46. The molecule has 0 aromatic heterocycles. The maximum Gasteiger partial charge on any atom is 0.240 e. The number of amides is 1. The first-order valence-electron chi connectivity index (χ1n) is 7.06. The molecule has 9 heteroatoms. The zero-order chi connectivity index (χ0) is 16.8. The van der Waals surface area contributed by atoms with Crippen molar-refractivity contribution in [1.82, 2.24) is 10.0 Å². The number of hydrogen-bond donors (Lipinski definition) is 3. The molecule has 1 amide bonds. The summed E-state index contributed by atoms with van der Waals surface area (Å²) >= 11 is 5.77. The van der Waals surface area contributed by atoms with Crippen LogP contribution >= 0.6 is 24.0 Å². The molecule has 132 valence electrons. The van der Waals surface area contributed by atoms with Gasteiger partial charge in [0.1, 0.15) is 0 Å². The number of sulfonamides is 1. The van der Waals surface area contributed by atoms with Crippen LogP contribution in [0.3, 0.4) is 0 Å². The third-order valence-corrected chi connectivity index (χ3v) is 5.08. The molecule has 0 aliphatic carbocycles. The van der Waals surface area contributed by atoms with Gasteiger partial charge >= 0.3 is 0 Å². The first kappa shape index (κ1) is 22.1. The molecule has 0 fully saturated rings. The normalized spacial score (nSPS) is 13.7. The molecular weight excluding hydrogens is 361 g/mol. The van der Waals surface area contributed by atoms with Crippen molar-refractivity contribution in [2.24, 2.45) is 11.7 Å². The lowest BCUT2D eigenvalue weighted by molar-refractivity contribution is -0.123. The molecule has 1 aromatic rings. The van der Waals surface area contributed by atoms with Crippen molar-refractivity contribution in [3.8, 4) is 0 Å². The van der Waals surface area contributed by atoms with E-state index in [2.05, 4.69) is 10.0 Å². The monoisotopic (exact) mass is 383 g/mol. The molecule has 0 radical (unpaired) electrons. The van der Waals surface area contributed by atoms with Crippen LogP contribution in [-0.4, -0.2) is 33.5 Å². The van der Waals surface area contributed by atoms with Crippen LogP contribution in [0.25, 0.3) is 0 Å². The topological polar surface area (TPSA) is 101 Å². The van der Waals surface area contributed by atoms with Gasteiger partial charge in [-0.3, -0.25) is 4.79 Å². The first-order chi connectivity index (χ1) is 10.3. The summed E-state index contributed by atoms with van der Waals surface area (Å²) in [6.07, 6.45) is 0.802. The smallest absolute Gasteiger partial charge is 0.240 e. The summed E-state index contributed by atoms with van der Waals surface area (Å²) < 4.78 is 26.4. The molecule has 0 bridgehead atoms.